The van der Waals surface area contributed by atoms with Gasteiger partial charge in [-0.15, -0.1) is 0 Å². The summed E-state index contributed by atoms with van der Waals surface area (Å²) in [6.07, 6.45) is 2.06. The number of esters is 1. The van der Waals surface area contributed by atoms with Crippen LogP contribution in [-0.2, 0) is 19.5 Å². The van der Waals surface area contributed by atoms with Crippen LogP contribution in [-0.4, -0.2) is 40.8 Å². The van der Waals surface area contributed by atoms with Gasteiger partial charge in [-0.25, -0.2) is 18.4 Å². The van der Waals surface area contributed by atoms with Crippen molar-refractivity contribution in [3.05, 3.63) is 23.8 Å². The van der Waals surface area contributed by atoms with E-state index >= 15 is 0 Å². The van der Waals surface area contributed by atoms with Crippen LogP contribution in [0.2, 0.25) is 0 Å². The number of rotatable bonds is 5. The zero-order valence-corrected chi connectivity index (χ0v) is 12.5. The first kappa shape index (κ1) is 15.7. The topological polar surface area (TPSA) is 108 Å². The van der Waals surface area contributed by atoms with Gasteiger partial charge in [0.05, 0.1) is 23.7 Å². The molecule has 3 N–H and O–H groups in total. The molecule has 0 amide bonds. The Labute approximate surface area is 123 Å². The molecule has 1 atom stereocenters. The molecule has 0 aliphatic carbocycles. The van der Waals surface area contributed by atoms with Gasteiger partial charge in [-0.3, -0.25) is 0 Å². The number of anilines is 1. The predicted octanol–water partition coefficient (Wildman–Crippen LogP) is 0.711. The summed E-state index contributed by atoms with van der Waals surface area (Å²) in [5.74, 6) is -0.629. The summed E-state index contributed by atoms with van der Waals surface area (Å²) in [4.78, 5) is 11.6. The van der Waals surface area contributed by atoms with Gasteiger partial charge < -0.3 is 14.8 Å². The third-order valence-corrected chi connectivity index (χ3v) is 4.18. The van der Waals surface area contributed by atoms with Gasteiger partial charge in [0, 0.05) is 18.8 Å². The number of ether oxygens (including phenoxy) is 2. The second kappa shape index (κ2) is 6.42. The van der Waals surface area contributed by atoms with Gasteiger partial charge in [0.25, 0.3) is 0 Å². The third kappa shape index (κ3) is 3.93. The fourth-order valence-electron chi connectivity index (χ4n) is 2.16. The van der Waals surface area contributed by atoms with E-state index in [2.05, 4.69) is 10.1 Å². The molecular formula is C13H18N2O5S. The molecule has 1 aliphatic heterocycles. The number of nitrogens with one attached hydrogen (secondary N) is 1. The maximum Gasteiger partial charge on any atom is 0.340 e. The van der Waals surface area contributed by atoms with E-state index in [-0.39, 0.29) is 16.6 Å². The number of hydrogen-bond donors (Lipinski definition) is 2. The highest BCUT2D eigenvalue weighted by molar-refractivity contribution is 7.89. The first-order valence-corrected chi connectivity index (χ1v) is 8.07. The van der Waals surface area contributed by atoms with Crippen LogP contribution >= 0.6 is 0 Å². The van der Waals surface area contributed by atoms with Crippen LogP contribution in [0.3, 0.4) is 0 Å². The maximum absolute atomic E-state index is 11.8. The van der Waals surface area contributed by atoms with Gasteiger partial charge in [-0.05, 0) is 31.0 Å². The Morgan fingerprint density at radius 3 is 2.86 bits per heavy atom. The second-order valence-electron chi connectivity index (χ2n) is 4.76. The van der Waals surface area contributed by atoms with Crippen LogP contribution in [0, 0.1) is 0 Å². The van der Waals surface area contributed by atoms with E-state index in [9.17, 15) is 13.2 Å². The molecule has 1 aliphatic rings. The normalized spacial score (nSPS) is 18.5. The minimum atomic E-state index is -3.87. The van der Waals surface area contributed by atoms with Crippen molar-refractivity contribution in [2.24, 2.45) is 5.14 Å². The minimum absolute atomic E-state index is 0.0911. The Morgan fingerprint density at radius 1 is 1.52 bits per heavy atom. The standard InChI is InChI=1S/C13H18N2O5S/c1-19-13(16)11-7-10(21(14,17)18)4-5-12(11)15-8-9-3-2-6-20-9/h4-5,7,9,15H,2-3,6,8H2,1H3,(H2,14,17,18)/t9-/m0/s1. The van der Waals surface area contributed by atoms with E-state index < -0.39 is 16.0 Å². The lowest BCUT2D eigenvalue weighted by molar-refractivity contribution is 0.0601. The lowest BCUT2D eigenvalue weighted by Gasteiger charge is -2.15. The highest BCUT2D eigenvalue weighted by Crippen LogP contribution is 2.22. The van der Waals surface area contributed by atoms with Crippen LogP contribution in [0.5, 0.6) is 0 Å². The molecule has 21 heavy (non-hydrogen) atoms. The summed E-state index contributed by atoms with van der Waals surface area (Å²) in [5.41, 5.74) is 0.617. The summed E-state index contributed by atoms with van der Waals surface area (Å²) < 4.78 is 32.9. The Hall–Kier alpha value is -1.64. The van der Waals surface area contributed by atoms with Gasteiger partial charge in [0.2, 0.25) is 10.0 Å². The Bertz CT molecular complexity index is 623. The molecule has 0 spiro atoms. The van der Waals surface area contributed by atoms with Crippen molar-refractivity contribution in [2.45, 2.75) is 23.8 Å². The van der Waals surface area contributed by atoms with Crippen molar-refractivity contribution in [1.82, 2.24) is 0 Å². The van der Waals surface area contributed by atoms with Gasteiger partial charge in [0.1, 0.15) is 0 Å². The molecule has 1 saturated heterocycles. The van der Waals surface area contributed by atoms with Crippen molar-refractivity contribution in [1.29, 1.82) is 0 Å². The van der Waals surface area contributed by atoms with Crippen molar-refractivity contribution in [3.63, 3.8) is 0 Å². The largest absolute Gasteiger partial charge is 0.465 e. The van der Waals surface area contributed by atoms with Crippen molar-refractivity contribution in [2.75, 3.05) is 25.6 Å². The molecule has 116 valence electrons. The molecule has 1 aromatic carbocycles. The molecule has 0 bridgehead atoms. The second-order valence-corrected chi connectivity index (χ2v) is 6.32. The Balaban J connectivity index is 2.24. The lowest BCUT2D eigenvalue weighted by atomic mass is 10.1. The van der Waals surface area contributed by atoms with Crippen LogP contribution in [0.1, 0.15) is 23.2 Å². The lowest BCUT2D eigenvalue weighted by Crippen LogP contribution is -2.20. The molecule has 2 rings (SSSR count). The van der Waals surface area contributed by atoms with Crippen molar-refractivity contribution >= 4 is 21.7 Å². The number of primary sulfonamides is 1. The SMILES string of the molecule is COC(=O)c1cc(S(N)(=O)=O)ccc1NC[C@@H]1CCCO1. The number of methoxy groups -OCH3 is 1. The molecule has 1 heterocycles. The van der Waals surface area contributed by atoms with E-state index in [4.69, 9.17) is 9.88 Å². The van der Waals surface area contributed by atoms with E-state index in [1.54, 1.807) is 0 Å². The number of sulfonamides is 1. The number of carbonyl (C=O) groups is 1. The quantitative estimate of drug-likeness (QED) is 0.775. The first-order valence-electron chi connectivity index (χ1n) is 6.52. The van der Waals surface area contributed by atoms with Gasteiger partial charge in [0.15, 0.2) is 0 Å². The van der Waals surface area contributed by atoms with E-state index in [0.717, 1.165) is 19.4 Å². The molecule has 1 fully saturated rings. The zero-order valence-electron chi connectivity index (χ0n) is 11.7. The zero-order chi connectivity index (χ0) is 15.5. The minimum Gasteiger partial charge on any atom is -0.465 e. The van der Waals surface area contributed by atoms with Crippen molar-refractivity contribution in [3.8, 4) is 0 Å². The Morgan fingerprint density at radius 2 is 2.29 bits per heavy atom. The third-order valence-electron chi connectivity index (χ3n) is 3.27. The fraction of sp³-hybridized carbons (Fsp3) is 0.462. The predicted molar refractivity (Wildman–Crippen MR) is 76.6 cm³/mol. The number of carbonyl (C=O) groups excluding carboxylic acids is 1. The summed E-state index contributed by atoms with van der Waals surface area (Å²) >= 11 is 0. The molecule has 0 radical (unpaired) electrons. The average Bonchev–Trinajstić information content (AvgIpc) is 2.96. The molecule has 7 nitrogen and oxygen atoms in total. The van der Waals surface area contributed by atoms with Gasteiger partial charge in [-0.1, -0.05) is 0 Å². The van der Waals surface area contributed by atoms with E-state index in [0.29, 0.717) is 12.2 Å². The van der Waals surface area contributed by atoms with Crippen LogP contribution in [0.25, 0.3) is 0 Å². The van der Waals surface area contributed by atoms with Crippen molar-refractivity contribution < 1.29 is 22.7 Å². The Kier molecular flexibility index (Phi) is 4.81. The molecule has 0 unspecified atom stereocenters. The summed E-state index contributed by atoms with van der Waals surface area (Å²) in [6.45, 7) is 1.28. The van der Waals surface area contributed by atoms with Gasteiger partial charge in [-0.2, -0.15) is 0 Å². The molecule has 0 aromatic heterocycles. The summed E-state index contributed by atoms with van der Waals surface area (Å²) in [6, 6.07) is 4.06. The molecule has 1 aromatic rings. The van der Waals surface area contributed by atoms with Gasteiger partial charge >= 0.3 is 5.97 Å². The number of benzene rings is 1. The molecule has 0 saturated carbocycles. The van der Waals surface area contributed by atoms with E-state index in [1.165, 1.54) is 25.3 Å². The van der Waals surface area contributed by atoms with Crippen LogP contribution in [0.4, 0.5) is 5.69 Å². The number of nitrogens with two attached hydrogens (primary N) is 1. The number of hydrogen-bond acceptors (Lipinski definition) is 6. The van der Waals surface area contributed by atoms with E-state index in [1.807, 2.05) is 0 Å². The summed E-state index contributed by atoms with van der Waals surface area (Å²) in [5, 5.41) is 8.16. The molecule has 8 heteroatoms. The maximum atomic E-state index is 11.8. The average molecular weight is 314 g/mol. The summed E-state index contributed by atoms with van der Waals surface area (Å²) in [7, 11) is -2.64. The smallest absolute Gasteiger partial charge is 0.340 e. The van der Waals surface area contributed by atoms with Crippen LogP contribution < -0.4 is 10.5 Å². The molecular weight excluding hydrogens is 296 g/mol. The fourth-order valence-corrected chi connectivity index (χ4v) is 2.70. The highest BCUT2D eigenvalue weighted by Gasteiger charge is 2.19. The highest BCUT2D eigenvalue weighted by atomic mass is 32.2. The first-order chi connectivity index (χ1) is 9.91. The van der Waals surface area contributed by atoms with Crippen LogP contribution in [0.15, 0.2) is 23.1 Å². The monoisotopic (exact) mass is 314 g/mol.